The van der Waals surface area contributed by atoms with E-state index in [0.29, 0.717) is 10.0 Å². The molecule has 0 saturated carbocycles. The van der Waals surface area contributed by atoms with Crippen LogP contribution in [-0.2, 0) is 42.1 Å². The van der Waals surface area contributed by atoms with E-state index in [0.717, 1.165) is 56.7 Å². The Morgan fingerprint density at radius 1 is 0.333 bits per heavy atom. The quantitative estimate of drug-likeness (QED) is 0.162. The molecule has 0 bridgehead atoms. The maximum atomic E-state index is 6.15. The Labute approximate surface area is 352 Å². The summed E-state index contributed by atoms with van der Waals surface area (Å²) in [5.74, 6) is 0. The molecule has 0 N–H and O–H groups in total. The minimum atomic E-state index is 0. The fraction of sp³-hybridized carbons (Fsp3) is 0. The summed E-state index contributed by atoms with van der Waals surface area (Å²) in [6.45, 7) is 0. The molecule has 54 heavy (non-hydrogen) atoms. The molecule has 0 amide bonds. The van der Waals surface area contributed by atoms with Gasteiger partial charge in [-0.3, -0.25) is 29.9 Å². The van der Waals surface area contributed by atoms with Gasteiger partial charge in [0.25, 0.3) is 0 Å². The van der Waals surface area contributed by atoms with E-state index in [9.17, 15) is 0 Å². The van der Waals surface area contributed by atoms with Crippen molar-refractivity contribution < 1.29 is 42.1 Å². The standard InChI is InChI=1S/2C15H10ClN3.C12H10N2.2Pt/c2*16-11-9-14(12-5-1-3-7-17-12)19-15(10-11)13-6-2-4-8-18-13;1(11-3-7-13-8-4-11)2-12-5-9-14-10-6-12;;/h2*1-10H;1-10H;;/b;;2-1+;;. The zero-order chi connectivity index (χ0) is 35.8. The number of halogens is 2. The zero-order valence-corrected chi connectivity index (χ0v) is 34.3. The molecule has 8 rings (SSSR count). The van der Waals surface area contributed by atoms with Gasteiger partial charge in [-0.25, -0.2) is 9.97 Å². The number of hydrogen-bond acceptors (Lipinski definition) is 8. The molecular weight excluding hydrogens is 1080 g/mol. The molecule has 8 heterocycles. The average Bonchev–Trinajstić information content (AvgIpc) is 3.22. The van der Waals surface area contributed by atoms with E-state index in [1.807, 2.05) is 97.1 Å². The Morgan fingerprint density at radius 3 is 0.852 bits per heavy atom. The molecule has 0 fully saturated rings. The maximum absolute atomic E-state index is 6.15. The van der Waals surface area contributed by atoms with Crippen LogP contribution in [0.2, 0.25) is 10.0 Å². The van der Waals surface area contributed by atoms with Crippen LogP contribution >= 0.6 is 23.2 Å². The molecule has 12 heteroatoms. The summed E-state index contributed by atoms with van der Waals surface area (Å²) in [6, 6.07) is 37.9. The number of rotatable bonds is 6. The van der Waals surface area contributed by atoms with Crippen molar-refractivity contribution in [2.24, 2.45) is 0 Å². The molecule has 0 saturated heterocycles. The Bertz CT molecular complexity index is 2030. The summed E-state index contributed by atoms with van der Waals surface area (Å²) in [7, 11) is 0. The third-order valence-corrected chi connectivity index (χ3v) is 7.61. The van der Waals surface area contributed by atoms with Crippen molar-refractivity contribution in [3.05, 3.63) is 192 Å². The molecule has 8 nitrogen and oxygen atoms in total. The topological polar surface area (TPSA) is 103 Å². The summed E-state index contributed by atoms with van der Waals surface area (Å²) in [6.07, 6.45) is 18.2. The van der Waals surface area contributed by atoms with Crippen molar-refractivity contribution in [2.45, 2.75) is 0 Å². The fourth-order valence-corrected chi connectivity index (χ4v) is 5.13. The Morgan fingerprint density at radius 2 is 0.611 bits per heavy atom. The van der Waals surface area contributed by atoms with Gasteiger partial charge in [-0.15, -0.1) is 0 Å². The first-order valence-corrected chi connectivity index (χ1v) is 16.9. The summed E-state index contributed by atoms with van der Waals surface area (Å²) in [5, 5.41) is 1.24. The molecule has 0 atom stereocenters. The minimum absolute atomic E-state index is 0. The van der Waals surface area contributed by atoms with Gasteiger partial charge in [0.1, 0.15) is 0 Å². The summed E-state index contributed by atoms with van der Waals surface area (Å²) in [5.41, 5.74) is 8.45. The molecule has 8 aromatic rings. The van der Waals surface area contributed by atoms with Crippen molar-refractivity contribution in [3.8, 4) is 45.6 Å². The molecule has 0 aliphatic heterocycles. The van der Waals surface area contributed by atoms with E-state index in [1.165, 1.54) is 0 Å². The zero-order valence-electron chi connectivity index (χ0n) is 28.3. The smallest absolute Gasteiger partial charge is 0.0909 e. The second kappa shape index (κ2) is 22.2. The van der Waals surface area contributed by atoms with E-state index >= 15 is 0 Å². The van der Waals surface area contributed by atoms with Gasteiger partial charge in [0.2, 0.25) is 0 Å². The van der Waals surface area contributed by atoms with E-state index < -0.39 is 0 Å². The monoisotopic (exact) mass is 1110 g/mol. The first-order valence-electron chi connectivity index (χ1n) is 16.1. The normalized spacial score (nSPS) is 10.0. The Kier molecular flexibility index (Phi) is 17.1. The van der Waals surface area contributed by atoms with Crippen LogP contribution in [0.25, 0.3) is 57.7 Å². The summed E-state index contributed by atoms with van der Waals surface area (Å²) < 4.78 is 0. The second-order valence-electron chi connectivity index (χ2n) is 10.9. The molecule has 0 aliphatic carbocycles. The van der Waals surface area contributed by atoms with Crippen molar-refractivity contribution >= 4 is 35.4 Å². The third kappa shape index (κ3) is 12.8. The maximum Gasteiger partial charge on any atom is 0.0909 e. The number of pyridine rings is 8. The van der Waals surface area contributed by atoms with Gasteiger partial charge in [0.05, 0.1) is 45.6 Å². The van der Waals surface area contributed by atoms with Gasteiger partial charge >= 0.3 is 0 Å². The Hall–Kier alpha value is -5.10. The third-order valence-electron chi connectivity index (χ3n) is 7.17. The van der Waals surface area contributed by atoms with Gasteiger partial charge in [0, 0.05) is 102 Å². The van der Waals surface area contributed by atoms with E-state index in [1.54, 1.807) is 73.8 Å². The van der Waals surface area contributed by atoms with Gasteiger partial charge in [-0.1, -0.05) is 59.6 Å². The number of hydrogen-bond donors (Lipinski definition) is 0. The van der Waals surface area contributed by atoms with Crippen LogP contribution in [0.4, 0.5) is 0 Å². The van der Waals surface area contributed by atoms with Crippen molar-refractivity contribution in [3.63, 3.8) is 0 Å². The SMILES string of the molecule is C(=C\c1ccncc1)/c1ccncc1.Clc1cc(-c2ccccn2)nc(-c2ccccn2)c1.Clc1cc(-c2ccccn2)nc(-c2ccccn2)c1.[Pt].[Pt]. The Balaban J connectivity index is 0.000000180. The first-order chi connectivity index (χ1) is 25.6. The summed E-state index contributed by atoms with van der Waals surface area (Å²) in [4.78, 5) is 34.2. The van der Waals surface area contributed by atoms with Crippen molar-refractivity contribution in [1.82, 2.24) is 39.9 Å². The fourth-order valence-electron chi connectivity index (χ4n) is 4.72. The molecule has 272 valence electrons. The number of nitrogens with zero attached hydrogens (tertiary/aromatic N) is 8. The van der Waals surface area contributed by atoms with Crippen LogP contribution < -0.4 is 0 Å². The molecule has 0 unspecified atom stereocenters. The molecule has 8 aromatic heterocycles. The molecule has 0 spiro atoms. The minimum Gasteiger partial charge on any atom is -0.265 e. The van der Waals surface area contributed by atoms with Crippen molar-refractivity contribution in [2.75, 3.05) is 0 Å². The van der Waals surface area contributed by atoms with Gasteiger partial charge in [0.15, 0.2) is 0 Å². The largest absolute Gasteiger partial charge is 0.265 e. The summed E-state index contributed by atoms with van der Waals surface area (Å²) >= 11 is 12.3. The molecule has 0 radical (unpaired) electrons. The van der Waals surface area contributed by atoms with Crippen LogP contribution in [0.3, 0.4) is 0 Å². The number of aromatic nitrogens is 8. The van der Waals surface area contributed by atoms with Gasteiger partial charge < -0.3 is 0 Å². The predicted octanol–water partition coefficient (Wildman–Crippen LogP) is 10.4. The molecule has 0 aromatic carbocycles. The van der Waals surface area contributed by atoms with Crippen LogP contribution in [0.5, 0.6) is 0 Å². The van der Waals surface area contributed by atoms with E-state index in [4.69, 9.17) is 23.2 Å². The van der Waals surface area contributed by atoms with Crippen LogP contribution in [0.15, 0.2) is 171 Å². The molecular formula is C42H30Cl2N8Pt2. The van der Waals surface area contributed by atoms with Crippen LogP contribution in [-0.4, -0.2) is 39.9 Å². The van der Waals surface area contributed by atoms with Crippen LogP contribution in [0, 0.1) is 0 Å². The second-order valence-corrected chi connectivity index (χ2v) is 11.7. The predicted molar refractivity (Wildman–Crippen MR) is 209 cm³/mol. The molecule has 0 aliphatic rings. The van der Waals surface area contributed by atoms with Crippen LogP contribution in [0.1, 0.15) is 11.1 Å². The average molecular weight is 1110 g/mol. The van der Waals surface area contributed by atoms with Gasteiger partial charge in [-0.2, -0.15) is 0 Å². The first kappa shape index (κ1) is 41.6. The van der Waals surface area contributed by atoms with Crippen molar-refractivity contribution in [1.29, 1.82) is 0 Å². The van der Waals surface area contributed by atoms with Gasteiger partial charge in [-0.05, 0) is 108 Å². The van der Waals surface area contributed by atoms with E-state index in [2.05, 4.69) is 52.0 Å². The van der Waals surface area contributed by atoms with E-state index in [-0.39, 0.29) is 42.1 Å².